The molecule has 0 bridgehead atoms. The average Bonchev–Trinajstić information content (AvgIpc) is 3.00. The van der Waals surface area contributed by atoms with Crippen LogP contribution in [-0.4, -0.2) is 28.2 Å². The SMILES string of the molecule is CC(NSCCCCCN1C(=O)c2ccccc2C1=C1CCC1)c1ccc(F)c(O)c1. The van der Waals surface area contributed by atoms with Crippen LogP contribution >= 0.6 is 11.9 Å². The Balaban J connectivity index is 1.21. The van der Waals surface area contributed by atoms with E-state index in [9.17, 15) is 14.3 Å². The Bertz CT molecular complexity index is 985. The minimum Gasteiger partial charge on any atom is -0.505 e. The van der Waals surface area contributed by atoms with Crippen LogP contribution in [0.4, 0.5) is 4.39 Å². The van der Waals surface area contributed by atoms with E-state index >= 15 is 0 Å². The van der Waals surface area contributed by atoms with E-state index in [4.69, 9.17) is 0 Å². The second-order valence-electron chi connectivity index (χ2n) is 8.27. The molecule has 2 N–H and O–H groups in total. The number of phenolic OH excluding ortho intramolecular Hbond substituents is 1. The molecule has 1 fully saturated rings. The number of nitrogens with one attached hydrogen (secondary N) is 1. The second-order valence-corrected chi connectivity index (χ2v) is 9.20. The van der Waals surface area contributed by atoms with E-state index in [2.05, 4.69) is 10.8 Å². The molecule has 4 nitrogen and oxygen atoms in total. The summed E-state index contributed by atoms with van der Waals surface area (Å²) in [5.41, 5.74) is 5.42. The van der Waals surface area contributed by atoms with Crippen LogP contribution in [0.3, 0.4) is 0 Å². The topological polar surface area (TPSA) is 52.6 Å². The number of carbonyl (C=O) groups is 1. The molecule has 1 atom stereocenters. The van der Waals surface area contributed by atoms with Gasteiger partial charge in [0.05, 0.1) is 5.70 Å². The Morgan fingerprint density at radius 1 is 1.13 bits per heavy atom. The second kappa shape index (κ2) is 9.88. The molecule has 0 radical (unpaired) electrons. The fourth-order valence-corrected chi connectivity index (χ4v) is 4.98. The van der Waals surface area contributed by atoms with Crippen molar-refractivity contribution in [2.75, 3.05) is 12.3 Å². The maximum absolute atomic E-state index is 13.2. The smallest absolute Gasteiger partial charge is 0.258 e. The Morgan fingerprint density at radius 2 is 1.90 bits per heavy atom. The molecule has 164 valence electrons. The minimum absolute atomic E-state index is 0.0221. The van der Waals surface area contributed by atoms with E-state index in [1.807, 2.05) is 30.0 Å². The molecule has 4 rings (SSSR count). The number of unbranched alkanes of at least 4 members (excludes halogenated alkanes) is 2. The van der Waals surface area contributed by atoms with Gasteiger partial charge in [-0.1, -0.05) is 42.6 Å². The number of rotatable bonds is 9. The van der Waals surface area contributed by atoms with Gasteiger partial charge in [-0.2, -0.15) is 0 Å². The molecule has 31 heavy (non-hydrogen) atoms. The molecule has 2 aromatic carbocycles. The summed E-state index contributed by atoms with van der Waals surface area (Å²) in [6, 6.07) is 12.5. The van der Waals surface area contributed by atoms with Crippen LogP contribution in [0.2, 0.25) is 0 Å². The van der Waals surface area contributed by atoms with Gasteiger partial charge in [-0.15, -0.1) is 0 Å². The zero-order chi connectivity index (χ0) is 21.8. The van der Waals surface area contributed by atoms with Crippen molar-refractivity contribution in [2.24, 2.45) is 0 Å². The summed E-state index contributed by atoms with van der Waals surface area (Å²) < 4.78 is 16.5. The maximum atomic E-state index is 13.2. The lowest BCUT2D eigenvalue weighted by atomic mass is 9.88. The lowest BCUT2D eigenvalue weighted by Gasteiger charge is -2.26. The number of phenols is 1. The van der Waals surface area contributed by atoms with Gasteiger partial charge in [0.15, 0.2) is 11.6 Å². The van der Waals surface area contributed by atoms with Gasteiger partial charge in [-0.05, 0) is 68.4 Å². The number of aromatic hydroxyl groups is 1. The fourth-order valence-electron chi connectivity index (χ4n) is 4.13. The predicted molar refractivity (Wildman–Crippen MR) is 124 cm³/mol. The minimum atomic E-state index is -0.598. The van der Waals surface area contributed by atoms with Crippen LogP contribution in [-0.2, 0) is 0 Å². The molecular weight excluding hydrogens is 411 g/mol. The van der Waals surface area contributed by atoms with Crippen molar-refractivity contribution in [1.82, 2.24) is 9.62 Å². The molecule has 0 saturated heterocycles. The Labute approximate surface area is 187 Å². The van der Waals surface area contributed by atoms with Gasteiger partial charge < -0.3 is 10.0 Å². The number of hydrogen-bond donors (Lipinski definition) is 2. The zero-order valence-corrected chi connectivity index (χ0v) is 18.7. The molecule has 1 unspecified atom stereocenters. The molecule has 1 aliphatic carbocycles. The third-order valence-corrected chi connectivity index (χ3v) is 7.09. The summed E-state index contributed by atoms with van der Waals surface area (Å²) >= 11 is 1.64. The van der Waals surface area contributed by atoms with Crippen molar-refractivity contribution < 1.29 is 14.3 Å². The van der Waals surface area contributed by atoms with Crippen molar-refractivity contribution in [1.29, 1.82) is 0 Å². The van der Waals surface area contributed by atoms with E-state index in [0.717, 1.165) is 61.1 Å². The van der Waals surface area contributed by atoms with Crippen molar-refractivity contribution in [3.8, 4) is 5.75 Å². The highest BCUT2D eigenvalue weighted by atomic mass is 32.2. The van der Waals surface area contributed by atoms with Crippen molar-refractivity contribution in [2.45, 2.75) is 51.5 Å². The van der Waals surface area contributed by atoms with Gasteiger partial charge >= 0.3 is 0 Å². The summed E-state index contributed by atoms with van der Waals surface area (Å²) in [5.74, 6) is 0.197. The lowest BCUT2D eigenvalue weighted by molar-refractivity contribution is 0.0847. The highest BCUT2D eigenvalue weighted by Crippen LogP contribution is 2.41. The lowest BCUT2D eigenvalue weighted by Crippen LogP contribution is -2.26. The first-order chi connectivity index (χ1) is 15.1. The van der Waals surface area contributed by atoms with Gasteiger partial charge in [0, 0.05) is 29.5 Å². The first-order valence-corrected chi connectivity index (χ1v) is 12.0. The molecule has 0 aromatic heterocycles. The number of allylic oxidation sites excluding steroid dienone is 1. The third kappa shape index (κ3) is 4.80. The number of carbonyl (C=O) groups excluding carboxylic acids is 1. The van der Waals surface area contributed by atoms with E-state index in [-0.39, 0.29) is 17.7 Å². The fraction of sp³-hybridized carbons (Fsp3) is 0.400. The van der Waals surface area contributed by atoms with Crippen LogP contribution in [0.1, 0.15) is 73.0 Å². The molecule has 2 aromatic rings. The number of nitrogens with zero attached hydrogens (tertiary/aromatic N) is 1. The van der Waals surface area contributed by atoms with E-state index < -0.39 is 5.82 Å². The Kier molecular flexibility index (Phi) is 6.98. The maximum Gasteiger partial charge on any atom is 0.258 e. The number of halogens is 1. The average molecular weight is 441 g/mol. The van der Waals surface area contributed by atoms with E-state index in [0.29, 0.717) is 0 Å². The van der Waals surface area contributed by atoms with Crippen molar-refractivity contribution >= 4 is 23.6 Å². The standard InChI is InChI=1S/C25H29FN2O2S/c1-17(19-12-13-22(26)23(29)16-19)27-31-15-6-2-5-14-28-24(18-8-7-9-18)20-10-3-4-11-21(20)25(28)30/h3-4,10-13,16-17,27,29H,2,5-9,14-15H2,1H3. The van der Waals surface area contributed by atoms with E-state index in [1.54, 1.807) is 18.0 Å². The first kappa shape index (κ1) is 21.9. The van der Waals surface area contributed by atoms with Gasteiger partial charge in [0.25, 0.3) is 5.91 Å². The molecular formula is C25H29FN2O2S. The normalized spacial score (nSPS) is 16.5. The monoisotopic (exact) mass is 440 g/mol. The van der Waals surface area contributed by atoms with Crippen LogP contribution < -0.4 is 4.72 Å². The van der Waals surface area contributed by atoms with Crippen molar-refractivity contribution in [3.05, 3.63) is 70.5 Å². The molecule has 6 heteroatoms. The molecule has 1 aliphatic heterocycles. The van der Waals surface area contributed by atoms with Gasteiger partial charge in [0.1, 0.15) is 0 Å². The summed E-state index contributed by atoms with van der Waals surface area (Å²) in [5, 5.41) is 9.52. The number of hydrogen-bond acceptors (Lipinski definition) is 4. The van der Waals surface area contributed by atoms with Crippen molar-refractivity contribution in [3.63, 3.8) is 0 Å². The third-order valence-electron chi connectivity index (χ3n) is 6.08. The number of fused-ring (bicyclic) bond motifs is 1. The first-order valence-electron chi connectivity index (χ1n) is 11.1. The molecule has 1 saturated carbocycles. The Morgan fingerprint density at radius 3 is 2.61 bits per heavy atom. The predicted octanol–water partition coefficient (Wildman–Crippen LogP) is 6.05. The number of amides is 1. The van der Waals surface area contributed by atoms with Gasteiger partial charge in [-0.3, -0.25) is 9.52 Å². The summed E-state index contributed by atoms with van der Waals surface area (Å²) in [6.45, 7) is 2.77. The summed E-state index contributed by atoms with van der Waals surface area (Å²) in [4.78, 5) is 14.9. The zero-order valence-electron chi connectivity index (χ0n) is 17.9. The highest BCUT2D eigenvalue weighted by Gasteiger charge is 2.34. The van der Waals surface area contributed by atoms with Gasteiger partial charge in [0.2, 0.25) is 0 Å². The summed E-state index contributed by atoms with van der Waals surface area (Å²) in [6.07, 6.45) is 6.55. The molecule has 1 amide bonds. The largest absolute Gasteiger partial charge is 0.505 e. The van der Waals surface area contributed by atoms with Crippen LogP contribution in [0, 0.1) is 5.82 Å². The van der Waals surface area contributed by atoms with Crippen LogP contribution in [0.15, 0.2) is 48.0 Å². The van der Waals surface area contributed by atoms with Crippen LogP contribution in [0.25, 0.3) is 5.70 Å². The summed E-state index contributed by atoms with van der Waals surface area (Å²) in [7, 11) is 0. The highest BCUT2D eigenvalue weighted by molar-refractivity contribution is 7.97. The quantitative estimate of drug-likeness (QED) is 0.368. The molecule has 2 aliphatic rings. The molecule has 0 spiro atoms. The Hall–Kier alpha value is -2.31. The van der Waals surface area contributed by atoms with E-state index in [1.165, 1.54) is 29.8 Å². The van der Waals surface area contributed by atoms with Crippen LogP contribution in [0.5, 0.6) is 5.75 Å². The molecule has 1 heterocycles. The van der Waals surface area contributed by atoms with Gasteiger partial charge in [-0.25, -0.2) is 4.39 Å². The number of benzene rings is 2.